The molecule has 0 aromatic heterocycles. The minimum Gasteiger partial charge on any atom is -0.462 e. The molecule has 0 aromatic carbocycles. The zero-order chi connectivity index (χ0) is 39.1. The Balaban J connectivity index is 1.59. The molecule has 294 valence electrons. The molecule has 0 radical (unpaired) electrons. The van der Waals surface area contributed by atoms with E-state index in [0.29, 0.717) is 18.3 Å². The first-order chi connectivity index (χ1) is 23.9. The number of Topliss-reactive ketones (excluding diaryl/α,β-unsaturated/α-hetero) is 1. The Bertz CT molecular complexity index is 1420. The molecule has 0 spiro atoms. The van der Waals surface area contributed by atoms with Crippen molar-refractivity contribution in [3.63, 3.8) is 0 Å². The maximum atomic E-state index is 13.6. The minimum absolute atomic E-state index is 0.0319. The molecular weight excluding hydrogens is 677 g/mol. The van der Waals surface area contributed by atoms with Crippen LogP contribution in [0.3, 0.4) is 0 Å². The number of esters is 1. The standard InChI is InChI=1S/C45H76O5Si2/c1-16-17-25-45(26-27-45)41(47)30-39(48-33(4)46)32(3)37-22-23-38-34(19-18-24-44(37,38)11)20-21-35-28-36(49-51(12,13)42(5,6)7)29-40(31(35)2)50-52(14,15)43(8,9)10/h17,20-21,25,32,36-40H,2,16,18-19,22-24,26-30H2,1,3-15H3/t32-,36?,37+,38-,39?,40?,44+/m0/s1. The lowest BCUT2D eigenvalue weighted by atomic mass is 9.60. The van der Waals surface area contributed by atoms with Crippen LogP contribution in [0.15, 0.2) is 47.6 Å². The van der Waals surface area contributed by atoms with Crippen LogP contribution in [0.4, 0.5) is 0 Å². The molecule has 0 saturated heterocycles. The zero-order valence-electron chi connectivity index (χ0n) is 35.8. The number of allylic oxidation sites excluding steroid dienone is 5. The van der Waals surface area contributed by atoms with E-state index in [2.05, 4.69) is 119 Å². The lowest BCUT2D eigenvalue weighted by Crippen LogP contribution is -2.49. The third-order valence-electron chi connectivity index (χ3n) is 14.7. The highest BCUT2D eigenvalue weighted by Gasteiger charge is 2.54. The minimum atomic E-state index is -2.04. The maximum Gasteiger partial charge on any atom is 0.302 e. The highest BCUT2D eigenvalue weighted by molar-refractivity contribution is 6.74. The van der Waals surface area contributed by atoms with E-state index in [1.165, 1.54) is 18.9 Å². The molecular formula is C45H76O5Si2. The Labute approximate surface area is 321 Å². The van der Waals surface area contributed by atoms with Crippen molar-refractivity contribution in [1.29, 1.82) is 0 Å². The van der Waals surface area contributed by atoms with Gasteiger partial charge >= 0.3 is 5.97 Å². The molecule has 0 bridgehead atoms. The summed E-state index contributed by atoms with van der Waals surface area (Å²) in [7, 11) is -4.02. The van der Waals surface area contributed by atoms with Crippen LogP contribution in [0, 0.1) is 28.6 Å². The number of hydrogen-bond acceptors (Lipinski definition) is 5. The molecule has 7 atom stereocenters. The monoisotopic (exact) mass is 753 g/mol. The van der Waals surface area contributed by atoms with Crippen LogP contribution >= 0.6 is 0 Å². The molecule has 4 saturated carbocycles. The van der Waals surface area contributed by atoms with Gasteiger partial charge < -0.3 is 13.6 Å². The highest BCUT2D eigenvalue weighted by atomic mass is 28.4. The second-order valence-corrected chi connectivity index (χ2v) is 30.0. The molecule has 7 heteroatoms. The number of fused-ring (bicyclic) bond motifs is 1. The summed E-state index contributed by atoms with van der Waals surface area (Å²) in [4.78, 5) is 26.0. The summed E-state index contributed by atoms with van der Waals surface area (Å²) in [6.45, 7) is 36.3. The number of rotatable bonds is 13. The van der Waals surface area contributed by atoms with Crippen LogP contribution in [-0.4, -0.2) is 46.7 Å². The quantitative estimate of drug-likeness (QED) is 0.106. The van der Waals surface area contributed by atoms with Gasteiger partial charge in [-0.3, -0.25) is 9.59 Å². The van der Waals surface area contributed by atoms with Crippen LogP contribution in [0.2, 0.25) is 36.3 Å². The van der Waals surface area contributed by atoms with E-state index in [-0.39, 0.29) is 56.9 Å². The van der Waals surface area contributed by atoms with Crippen molar-refractivity contribution in [1.82, 2.24) is 0 Å². The smallest absolute Gasteiger partial charge is 0.302 e. The number of carbonyl (C=O) groups excluding carboxylic acids is 2. The summed E-state index contributed by atoms with van der Waals surface area (Å²) in [6, 6.07) is 0. The molecule has 4 rings (SSSR count). The van der Waals surface area contributed by atoms with Crippen molar-refractivity contribution >= 4 is 28.4 Å². The average molecular weight is 753 g/mol. The van der Waals surface area contributed by atoms with Gasteiger partial charge in [-0.25, -0.2) is 0 Å². The second kappa shape index (κ2) is 15.9. The van der Waals surface area contributed by atoms with Crippen molar-refractivity contribution in [3.05, 3.63) is 47.6 Å². The third kappa shape index (κ3) is 9.45. The van der Waals surface area contributed by atoms with Crippen molar-refractivity contribution in [2.75, 3.05) is 0 Å². The van der Waals surface area contributed by atoms with Crippen molar-refractivity contribution in [2.45, 2.75) is 194 Å². The van der Waals surface area contributed by atoms with Gasteiger partial charge in [-0.2, -0.15) is 0 Å². The van der Waals surface area contributed by atoms with Crippen molar-refractivity contribution < 1.29 is 23.2 Å². The Hall–Kier alpha value is -1.55. The highest BCUT2D eigenvalue weighted by Crippen LogP contribution is 2.60. The lowest BCUT2D eigenvalue weighted by Gasteiger charge is -2.46. The molecule has 0 heterocycles. The van der Waals surface area contributed by atoms with Crippen LogP contribution in [0.1, 0.15) is 140 Å². The van der Waals surface area contributed by atoms with E-state index in [1.807, 2.05) is 0 Å². The van der Waals surface area contributed by atoms with Gasteiger partial charge in [-0.15, -0.1) is 0 Å². The number of hydrogen-bond donors (Lipinski definition) is 0. The fourth-order valence-electron chi connectivity index (χ4n) is 9.12. The summed E-state index contributed by atoms with van der Waals surface area (Å²) < 4.78 is 20.2. The van der Waals surface area contributed by atoms with Gasteiger partial charge in [0.05, 0.1) is 12.2 Å². The Morgan fingerprint density at radius 1 is 0.962 bits per heavy atom. The lowest BCUT2D eigenvalue weighted by molar-refractivity contribution is -0.153. The van der Waals surface area contributed by atoms with Gasteiger partial charge in [-0.1, -0.05) is 98.8 Å². The summed E-state index contributed by atoms with van der Waals surface area (Å²) in [6.07, 6.45) is 19.3. The topological polar surface area (TPSA) is 61.8 Å². The molecule has 52 heavy (non-hydrogen) atoms. The molecule has 5 nitrogen and oxygen atoms in total. The second-order valence-electron chi connectivity index (χ2n) is 20.5. The van der Waals surface area contributed by atoms with E-state index >= 15 is 0 Å². The molecule has 0 aliphatic heterocycles. The van der Waals surface area contributed by atoms with Gasteiger partial charge in [0.2, 0.25) is 0 Å². The van der Waals surface area contributed by atoms with E-state index in [1.54, 1.807) is 5.57 Å². The first-order valence-corrected chi connectivity index (χ1v) is 26.5. The molecule has 4 aliphatic carbocycles. The summed E-state index contributed by atoms with van der Waals surface area (Å²) in [5, 5.41) is 0.251. The molecule has 0 aromatic rings. The van der Waals surface area contributed by atoms with Crippen LogP contribution in [-0.2, 0) is 23.2 Å². The first-order valence-electron chi connectivity index (χ1n) is 20.7. The molecule has 4 fully saturated rings. The normalized spacial score (nSPS) is 31.2. The zero-order valence-corrected chi connectivity index (χ0v) is 37.8. The largest absolute Gasteiger partial charge is 0.462 e. The molecule has 3 unspecified atom stereocenters. The number of ketones is 1. The SMILES string of the molecule is C=C1C(=CC=C2CCC[C@]3(C)[C@@H]([C@H](C)C(CC(=O)C4(C=CCC)CC4)OC(C)=O)CC[C@@H]23)CC(O[Si](C)(C)C(C)(C)C)CC1O[Si](C)(C)C(C)(C)C. The predicted molar refractivity (Wildman–Crippen MR) is 222 cm³/mol. The first kappa shape index (κ1) is 43.2. The van der Waals surface area contributed by atoms with Crippen molar-refractivity contribution in [3.8, 4) is 0 Å². The summed E-state index contributed by atoms with van der Waals surface area (Å²) >= 11 is 0. The molecule has 4 aliphatic rings. The predicted octanol–water partition coefficient (Wildman–Crippen LogP) is 12.5. The van der Waals surface area contributed by atoms with Gasteiger partial charge in [0, 0.05) is 25.2 Å². The number of ether oxygens (including phenoxy) is 1. The van der Waals surface area contributed by atoms with Gasteiger partial charge in [0.15, 0.2) is 16.6 Å². The van der Waals surface area contributed by atoms with E-state index in [4.69, 9.17) is 13.6 Å². The van der Waals surface area contributed by atoms with E-state index in [9.17, 15) is 9.59 Å². The fraction of sp³-hybridized carbons (Fsp3) is 0.778. The van der Waals surface area contributed by atoms with E-state index < -0.39 is 16.6 Å². The third-order valence-corrected chi connectivity index (χ3v) is 23.7. The fourth-order valence-corrected chi connectivity index (χ4v) is 11.8. The van der Waals surface area contributed by atoms with Crippen LogP contribution < -0.4 is 0 Å². The van der Waals surface area contributed by atoms with Gasteiger partial charge in [-0.05, 0) is 128 Å². The number of carbonyl (C=O) groups is 2. The summed E-state index contributed by atoms with van der Waals surface area (Å²) in [5.74, 6) is 0.948. The summed E-state index contributed by atoms with van der Waals surface area (Å²) in [5.41, 5.74) is 3.72. The van der Waals surface area contributed by atoms with E-state index in [0.717, 1.165) is 63.4 Å². The molecule has 0 amide bonds. The average Bonchev–Trinajstić information content (AvgIpc) is 3.72. The Kier molecular flexibility index (Phi) is 13.2. The molecule has 0 N–H and O–H groups in total. The Morgan fingerprint density at radius 3 is 2.13 bits per heavy atom. The van der Waals surface area contributed by atoms with Gasteiger partial charge in [0.1, 0.15) is 11.9 Å². The van der Waals surface area contributed by atoms with Crippen LogP contribution in [0.5, 0.6) is 0 Å². The Morgan fingerprint density at radius 2 is 1.58 bits per heavy atom. The van der Waals surface area contributed by atoms with Crippen molar-refractivity contribution in [2.24, 2.45) is 28.6 Å². The maximum absolute atomic E-state index is 13.6. The van der Waals surface area contributed by atoms with Crippen LogP contribution in [0.25, 0.3) is 0 Å². The van der Waals surface area contributed by atoms with Gasteiger partial charge in [0.25, 0.3) is 0 Å².